The molecule has 4 nitrogen and oxygen atoms in total. The first-order chi connectivity index (χ1) is 14.2. The maximum Gasteiger partial charge on any atom is 0.198 e. The Labute approximate surface area is 182 Å². The van der Waals surface area contributed by atoms with E-state index >= 15 is 0 Å². The van der Waals surface area contributed by atoms with E-state index in [-0.39, 0.29) is 0 Å². The molecule has 0 amide bonds. The number of aliphatic imine (C=N–C) groups is 1. The van der Waals surface area contributed by atoms with Gasteiger partial charge in [-0.2, -0.15) is 0 Å². The Kier molecular flexibility index (Phi) is 3.86. The number of rotatable bonds is 1. The highest BCUT2D eigenvalue weighted by Crippen LogP contribution is 2.37. The summed E-state index contributed by atoms with van der Waals surface area (Å²) in [5, 5.41) is 3.22. The predicted octanol–water partition coefficient (Wildman–Crippen LogP) is 7.12. The molecule has 0 spiro atoms. The van der Waals surface area contributed by atoms with Crippen LogP contribution in [0.5, 0.6) is 0 Å². The van der Waals surface area contributed by atoms with Crippen LogP contribution in [0, 0.1) is 0 Å². The molecule has 3 aromatic carbocycles. The Bertz CT molecular complexity index is 1490. The van der Waals surface area contributed by atoms with Gasteiger partial charge in [0.25, 0.3) is 0 Å². The van der Waals surface area contributed by atoms with Crippen molar-refractivity contribution in [3.63, 3.8) is 0 Å². The Morgan fingerprint density at radius 1 is 0.793 bits per heavy atom. The van der Waals surface area contributed by atoms with E-state index in [1.807, 2.05) is 24.3 Å². The highest BCUT2D eigenvalue weighted by Gasteiger charge is 2.19. The Hall–Kier alpha value is -2.57. The van der Waals surface area contributed by atoms with Crippen LogP contribution in [0.4, 0.5) is 5.69 Å². The van der Waals surface area contributed by atoms with E-state index in [1.165, 1.54) is 5.56 Å². The molecule has 0 saturated carbocycles. The second-order valence-corrected chi connectivity index (χ2v) is 8.58. The van der Waals surface area contributed by atoms with Gasteiger partial charge in [-0.3, -0.25) is 4.99 Å². The van der Waals surface area contributed by atoms with Gasteiger partial charge in [-0.1, -0.05) is 24.3 Å². The van der Waals surface area contributed by atoms with Gasteiger partial charge in [0.05, 0.1) is 5.69 Å². The fourth-order valence-electron chi connectivity index (χ4n) is 4.04. The average molecular weight is 507 g/mol. The van der Waals surface area contributed by atoms with Crippen LogP contribution in [-0.4, -0.2) is 15.7 Å². The first-order valence-corrected chi connectivity index (χ1v) is 10.9. The number of furan rings is 1. The molecule has 3 heterocycles. The largest absolute Gasteiger partial charge is 0.456 e. The van der Waals surface area contributed by atoms with Crippen molar-refractivity contribution >= 4 is 76.1 Å². The quantitative estimate of drug-likeness (QED) is 0.179. The predicted molar refractivity (Wildman–Crippen MR) is 123 cm³/mol. The van der Waals surface area contributed by atoms with E-state index in [9.17, 15) is 0 Å². The van der Waals surface area contributed by atoms with E-state index < -0.39 is 0 Å². The number of para-hydroxylation sites is 1. The van der Waals surface area contributed by atoms with Gasteiger partial charge in [0.15, 0.2) is 4.73 Å². The normalized spacial score (nSPS) is 13.8. The molecular weight excluding hydrogens is 494 g/mol. The maximum atomic E-state index is 5.97. The van der Waals surface area contributed by atoms with Crippen molar-refractivity contribution < 1.29 is 4.42 Å². The topological polar surface area (TPSA) is 51.3 Å². The lowest BCUT2D eigenvalue weighted by Gasteiger charge is -2.17. The van der Waals surface area contributed by atoms with Crippen molar-refractivity contribution in [3.8, 4) is 0 Å². The molecule has 0 radical (unpaired) electrons. The molecule has 6 heteroatoms. The summed E-state index contributed by atoms with van der Waals surface area (Å²) in [6.45, 7) is 0. The molecule has 0 atom stereocenters. The summed E-state index contributed by atoms with van der Waals surface area (Å²) in [5.41, 5.74) is 7.02. The minimum absolute atomic E-state index is 0.555. The number of fused-ring (bicyclic) bond motifs is 6. The molecule has 140 valence electrons. The van der Waals surface area contributed by atoms with Crippen LogP contribution in [0.15, 0.2) is 73.3 Å². The third kappa shape index (κ3) is 2.74. The maximum absolute atomic E-state index is 5.97. The van der Waals surface area contributed by atoms with Crippen LogP contribution in [0.1, 0.15) is 17.5 Å². The second-order valence-electron chi connectivity index (χ2n) is 7.12. The third-order valence-electron chi connectivity index (χ3n) is 5.44. The zero-order valence-electron chi connectivity index (χ0n) is 15.1. The lowest BCUT2D eigenvalue weighted by atomic mass is 9.95. The van der Waals surface area contributed by atoms with Crippen molar-refractivity contribution in [1.29, 1.82) is 0 Å². The average Bonchev–Trinajstić information content (AvgIpc) is 3.11. The van der Waals surface area contributed by atoms with Crippen molar-refractivity contribution in [3.05, 3.63) is 75.1 Å². The van der Waals surface area contributed by atoms with Crippen molar-refractivity contribution in [1.82, 2.24) is 9.97 Å². The third-order valence-corrected chi connectivity index (χ3v) is 6.40. The van der Waals surface area contributed by atoms with Gasteiger partial charge < -0.3 is 4.42 Å². The zero-order chi connectivity index (χ0) is 19.5. The lowest BCUT2D eigenvalue weighted by molar-refractivity contribution is 0.669. The number of benzene rings is 3. The van der Waals surface area contributed by atoms with Crippen molar-refractivity contribution in [2.75, 3.05) is 0 Å². The minimum Gasteiger partial charge on any atom is -0.456 e. The first kappa shape index (κ1) is 17.3. The molecule has 6 rings (SSSR count). The summed E-state index contributed by atoms with van der Waals surface area (Å²) >= 11 is 6.95. The van der Waals surface area contributed by atoms with Crippen LogP contribution >= 0.6 is 31.9 Å². The molecule has 29 heavy (non-hydrogen) atoms. The molecule has 0 aliphatic carbocycles. The standard InChI is InChI=1S/C23H13Br2N3O/c24-22-15-8-5-12-6-9-17(26-20(12)21(15)27-23(25)28-22)13-7-10-19-16(11-13)14-3-1-2-4-18(14)29-19/h1-5,7-8,10-11H,6,9H2. The summed E-state index contributed by atoms with van der Waals surface area (Å²) < 4.78 is 7.29. The van der Waals surface area contributed by atoms with Crippen LogP contribution < -0.4 is 0 Å². The van der Waals surface area contributed by atoms with Gasteiger partial charge in [0.2, 0.25) is 0 Å². The number of nitrogens with zero attached hydrogens (tertiary/aromatic N) is 3. The second kappa shape index (κ2) is 6.47. The van der Waals surface area contributed by atoms with Crippen molar-refractivity contribution in [2.24, 2.45) is 4.99 Å². The van der Waals surface area contributed by atoms with Crippen molar-refractivity contribution in [2.45, 2.75) is 12.8 Å². The van der Waals surface area contributed by atoms with Gasteiger partial charge in [0, 0.05) is 21.9 Å². The minimum atomic E-state index is 0.555. The van der Waals surface area contributed by atoms with E-state index in [0.717, 1.165) is 67.2 Å². The van der Waals surface area contributed by atoms with E-state index in [2.05, 4.69) is 72.2 Å². The molecule has 0 saturated heterocycles. The Morgan fingerprint density at radius 2 is 1.66 bits per heavy atom. The van der Waals surface area contributed by atoms with Crippen LogP contribution in [0.2, 0.25) is 0 Å². The monoisotopic (exact) mass is 505 g/mol. The summed E-state index contributed by atoms with van der Waals surface area (Å²) in [4.78, 5) is 14.0. The fourth-order valence-corrected chi connectivity index (χ4v) is 5.12. The van der Waals surface area contributed by atoms with E-state index in [0.29, 0.717) is 4.73 Å². The van der Waals surface area contributed by atoms with Gasteiger partial charge in [0.1, 0.15) is 21.3 Å². The van der Waals surface area contributed by atoms with Gasteiger partial charge in [-0.15, -0.1) is 0 Å². The summed E-state index contributed by atoms with van der Waals surface area (Å²) in [6.07, 6.45) is 1.83. The Morgan fingerprint density at radius 3 is 2.59 bits per heavy atom. The molecule has 1 aliphatic rings. The molecular formula is C23H13Br2N3O. The number of hydrogen-bond acceptors (Lipinski definition) is 4. The molecule has 0 bridgehead atoms. The highest BCUT2D eigenvalue weighted by molar-refractivity contribution is 9.11. The molecule has 1 aliphatic heterocycles. The van der Waals surface area contributed by atoms with Gasteiger partial charge in [-0.05, 0) is 86.2 Å². The van der Waals surface area contributed by atoms with Crippen LogP contribution in [0.3, 0.4) is 0 Å². The van der Waals surface area contributed by atoms with E-state index in [1.54, 1.807) is 0 Å². The lowest BCUT2D eigenvalue weighted by Crippen LogP contribution is -2.08. The number of hydrogen-bond donors (Lipinski definition) is 0. The zero-order valence-corrected chi connectivity index (χ0v) is 18.3. The Balaban J connectivity index is 1.56. The van der Waals surface area contributed by atoms with Gasteiger partial charge >= 0.3 is 0 Å². The van der Waals surface area contributed by atoms with Crippen LogP contribution in [0.25, 0.3) is 32.8 Å². The number of halogens is 2. The van der Waals surface area contributed by atoms with Gasteiger partial charge in [-0.25, -0.2) is 9.97 Å². The molecule has 5 aromatic rings. The summed E-state index contributed by atoms with van der Waals surface area (Å²) in [7, 11) is 0. The number of aromatic nitrogens is 2. The molecule has 2 aromatic heterocycles. The summed E-state index contributed by atoms with van der Waals surface area (Å²) in [5.74, 6) is 0. The number of aryl methyl sites for hydroxylation is 1. The molecule has 0 unspecified atom stereocenters. The molecule has 0 N–H and O–H groups in total. The first-order valence-electron chi connectivity index (χ1n) is 9.31. The van der Waals surface area contributed by atoms with Crippen LogP contribution in [-0.2, 0) is 6.42 Å². The molecule has 0 fully saturated rings. The smallest absolute Gasteiger partial charge is 0.198 e. The SMILES string of the molecule is Brc1nc(Br)c2ccc3c(c2n1)N=C(c1ccc2oc4ccccc4c2c1)CC3. The summed E-state index contributed by atoms with van der Waals surface area (Å²) in [6, 6.07) is 18.7. The fraction of sp³-hybridized carbons (Fsp3) is 0.0870. The highest BCUT2D eigenvalue weighted by atomic mass is 79.9. The van der Waals surface area contributed by atoms with E-state index in [4.69, 9.17) is 9.41 Å².